The molecule has 0 spiro atoms. The SMILES string of the molecule is CCCCCCCCCCCCOc1ccc(CN(Cc2cc[n+](CC)cc2)S(=O)(=O)c2ccc(C)cc2)cc1C(C)(C)C. The molecule has 1 heterocycles. The molecule has 5 nitrogen and oxygen atoms in total. The highest BCUT2D eigenvalue weighted by atomic mass is 32.2. The molecule has 3 aromatic rings. The molecule has 0 saturated heterocycles. The van der Waals surface area contributed by atoms with Gasteiger partial charge in [0.1, 0.15) is 12.3 Å². The molecule has 0 aliphatic rings. The highest BCUT2D eigenvalue weighted by molar-refractivity contribution is 7.89. The van der Waals surface area contributed by atoms with Crippen molar-refractivity contribution < 1.29 is 17.7 Å². The summed E-state index contributed by atoms with van der Waals surface area (Å²) in [6.07, 6.45) is 17.0. The number of unbranched alkanes of at least 4 members (excludes halogenated alkanes) is 9. The molecule has 242 valence electrons. The first-order chi connectivity index (χ1) is 21.0. The van der Waals surface area contributed by atoms with Gasteiger partial charge in [0.05, 0.1) is 11.5 Å². The normalized spacial score (nSPS) is 12.2. The Morgan fingerprint density at radius 3 is 1.86 bits per heavy atom. The van der Waals surface area contributed by atoms with Gasteiger partial charge in [-0.15, -0.1) is 0 Å². The van der Waals surface area contributed by atoms with Crippen LogP contribution in [0, 0.1) is 6.92 Å². The molecule has 44 heavy (non-hydrogen) atoms. The summed E-state index contributed by atoms with van der Waals surface area (Å²) in [4.78, 5) is 0.315. The minimum absolute atomic E-state index is 0.142. The number of benzene rings is 2. The topological polar surface area (TPSA) is 50.5 Å². The first-order valence-corrected chi connectivity index (χ1v) is 18.3. The Labute approximate surface area is 268 Å². The maximum Gasteiger partial charge on any atom is 0.243 e. The molecule has 0 atom stereocenters. The van der Waals surface area contributed by atoms with Crippen molar-refractivity contribution in [2.24, 2.45) is 0 Å². The second-order valence-electron chi connectivity index (χ2n) is 13.2. The predicted molar refractivity (Wildman–Crippen MR) is 182 cm³/mol. The standard InChI is InChI=1S/C38H57N2O3S/c1-7-9-10-11-12-13-14-15-16-17-28-43-37-23-20-34(29-36(37)38(4,5)6)31-40(30-33-24-26-39(8-2)27-25-33)44(41,42)35-21-18-32(3)19-22-35/h18-27,29H,7-17,28,30-31H2,1-6H3/q+1. The number of aromatic nitrogens is 1. The third-order valence-corrected chi connectivity index (χ3v) is 10.1. The quantitative estimate of drug-likeness (QED) is 0.0990. The average Bonchev–Trinajstić information content (AvgIpc) is 3.00. The fourth-order valence-corrected chi connectivity index (χ4v) is 6.87. The molecule has 0 amide bonds. The summed E-state index contributed by atoms with van der Waals surface area (Å²) in [6, 6.07) is 17.3. The van der Waals surface area contributed by atoms with Crippen molar-refractivity contribution in [3.8, 4) is 5.75 Å². The average molecular weight is 622 g/mol. The van der Waals surface area contributed by atoms with Crippen LogP contribution in [0.1, 0.15) is 121 Å². The van der Waals surface area contributed by atoms with Crippen molar-refractivity contribution in [3.05, 3.63) is 89.2 Å². The van der Waals surface area contributed by atoms with Crippen molar-refractivity contribution >= 4 is 10.0 Å². The summed E-state index contributed by atoms with van der Waals surface area (Å²) in [5.41, 5.74) is 3.91. The van der Waals surface area contributed by atoms with Gasteiger partial charge in [0.15, 0.2) is 12.4 Å². The van der Waals surface area contributed by atoms with Crippen molar-refractivity contribution in [2.75, 3.05) is 6.61 Å². The second-order valence-corrected chi connectivity index (χ2v) is 15.2. The second kappa shape index (κ2) is 17.7. The lowest BCUT2D eigenvalue weighted by atomic mass is 9.85. The Balaban J connectivity index is 1.70. The number of ether oxygens (including phenoxy) is 1. The van der Waals surface area contributed by atoms with Crippen LogP contribution >= 0.6 is 0 Å². The molecular weight excluding hydrogens is 564 g/mol. The lowest BCUT2D eigenvalue weighted by Gasteiger charge is -2.26. The first kappa shape index (κ1) is 35.8. The Hall–Kier alpha value is -2.70. The molecule has 0 bridgehead atoms. The number of rotatable bonds is 19. The van der Waals surface area contributed by atoms with E-state index in [4.69, 9.17) is 4.74 Å². The van der Waals surface area contributed by atoms with Crippen LogP contribution in [0.4, 0.5) is 0 Å². The van der Waals surface area contributed by atoms with Crippen LogP contribution in [0.15, 0.2) is 71.9 Å². The molecular formula is C38H57N2O3S+. The van der Waals surface area contributed by atoms with E-state index in [1.165, 1.54) is 57.8 Å². The van der Waals surface area contributed by atoms with Crippen LogP contribution < -0.4 is 9.30 Å². The molecule has 0 aliphatic heterocycles. The highest BCUT2D eigenvalue weighted by Crippen LogP contribution is 2.33. The van der Waals surface area contributed by atoms with Crippen molar-refractivity contribution in [1.29, 1.82) is 0 Å². The largest absolute Gasteiger partial charge is 0.493 e. The zero-order valence-corrected chi connectivity index (χ0v) is 29.1. The summed E-state index contributed by atoms with van der Waals surface area (Å²) < 4.78 is 37.9. The summed E-state index contributed by atoms with van der Waals surface area (Å²) in [6.45, 7) is 15.0. The minimum atomic E-state index is -3.73. The fourth-order valence-electron chi connectivity index (χ4n) is 5.46. The monoisotopic (exact) mass is 621 g/mol. The maximum absolute atomic E-state index is 13.9. The summed E-state index contributed by atoms with van der Waals surface area (Å²) >= 11 is 0. The molecule has 0 radical (unpaired) electrons. The number of pyridine rings is 1. The van der Waals surface area contributed by atoms with Gasteiger partial charge in [0, 0.05) is 25.2 Å². The first-order valence-electron chi connectivity index (χ1n) is 16.9. The smallest absolute Gasteiger partial charge is 0.243 e. The van der Waals surface area contributed by atoms with Gasteiger partial charge < -0.3 is 4.74 Å². The Morgan fingerprint density at radius 2 is 1.30 bits per heavy atom. The van der Waals surface area contributed by atoms with Crippen LogP contribution in [0.5, 0.6) is 5.75 Å². The fraction of sp³-hybridized carbons (Fsp3) is 0.553. The number of nitrogens with zero attached hydrogens (tertiary/aromatic N) is 2. The van der Waals surface area contributed by atoms with Gasteiger partial charge in [-0.25, -0.2) is 13.0 Å². The van der Waals surface area contributed by atoms with Gasteiger partial charge in [0.25, 0.3) is 0 Å². The van der Waals surface area contributed by atoms with Crippen LogP contribution in [0.25, 0.3) is 0 Å². The van der Waals surface area contributed by atoms with E-state index < -0.39 is 10.0 Å². The van der Waals surface area contributed by atoms with E-state index in [0.29, 0.717) is 18.0 Å². The van der Waals surface area contributed by atoms with Crippen molar-refractivity contribution in [2.45, 2.75) is 136 Å². The summed E-state index contributed by atoms with van der Waals surface area (Å²) in [5.74, 6) is 0.900. The van der Waals surface area contributed by atoms with Crippen LogP contribution in [-0.4, -0.2) is 19.3 Å². The molecule has 3 rings (SSSR count). The molecule has 0 aliphatic carbocycles. The summed E-state index contributed by atoms with van der Waals surface area (Å²) in [5, 5.41) is 0. The molecule has 1 aromatic heterocycles. The zero-order valence-electron chi connectivity index (χ0n) is 28.3. The maximum atomic E-state index is 13.9. The predicted octanol–water partition coefficient (Wildman–Crippen LogP) is 9.29. The van der Waals surface area contributed by atoms with E-state index in [1.54, 1.807) is 16.4 Å². The number of aryl methyl sites for hydroxylation is 2. The highest BCUT2D eigenvalue weighted by Gasteiger charge is 2.27. The van der Waals surface area contributed by atoms with E-state index in [1.807, 2.05) is 55.7 Å². The van der Waals surface area contributed by atoms with E-state index in [0.717, 1.165) is 41.0 Å². The lowest BCUT2D eigenvalue weighted by Crippen LogP contribution is -2.33. The Bertz CT molecular complexity index is 1360. The number of hydrogen-bond donors (Lipinski definition) is 0. The third kappa shape index (κ3) is 11.3. The van der Waals surface area contributed by atoms with Crippen molar-refractivity contribution in [1.82, 2.24) is 4.31 Å². The lowest BCUT2D eigenvalue weighted by molar-refractivity contribution is -0.693. The third-order valence-electron chi connectivity index (χ3n) is 8.31. The Morgan fingerprint density at radius 1 is 0.727 bits per heavy atom. The molecule has 2 aromatic carbocycles. The van der Waals surface area contributed by atoms with Gasteiger partial charge in [-0.05, 0) is 60.6 Å². The Kier molecular flexibility index (Phi) is 14.4. The van der Waals surface area contributed by atoms with E-state index in [9.17, 15) is 8.42 Å². The van der Waals surface area contributed by atoms with Gasteiger partial charge in [-0.3, -0.25) is 0 Å². The molecule has 6 heteroatoms. The molecule has 0 saturated carbocycles. The van der Waals surface area contributed by atoms with Crippen LogP contribution in [0.3, 0.4) is 0 Å². The van der Waals surface area contributed by atoms with Gasteiger partial charge in [-0.1, -0.05) is 115 Å². The van der Waals surface area contributed by atoms with Gasteiger partial charge in [0.2, 0.25) is 10.0 Å². The van der Waals surface area contributed by atoms with E-state index in [-0.39, 0.29) is 12.0 Å². The van der Waals surface area contributed by atoms with E-state index >= 15 is 0 Å². The van der Waals surface area contributed by atoms with Gasteiger partial charge in [-0.2, -0.15) is 4.31 Å². The summed E-state index contributed by atoms with van der Waals surface area (Å²) in [7, 11) is -3.73. The van der Waals surface area contributed by atoms with E-state index in [2.05, 4.69) is 45.3 Å². The minimum Gasteiger partial charge on any atom is -0.493 e. The van der Waals surface area contributed by atoms with Crippen LogP contribution in [0.2, 0.25) is 0 Å². The number of sulfonamides is 1. The zero-order chi connectivity index (χ0) is 32.0. The van der Waals surface area contributed by atoms with Crippen LogP contribution in [-0.2, 0) is 35.1 Å². The molecule has 0 unspecified atom stereocenters. The molecule has 0 N–H and O–H groups in total. The molecule has 0 fully saturated rings. The number of hydrogen-bond acceptors (Lipinski definition) is 3. The van der Waals surface area contributed by atoms with Crippen molar-refractivity contribution in [3.63, 3.8) is 0 Å². The van der Waals surface area contributed by atoms with Gasteiger partial charge >= 0.3 is 0 Å².